The number of anilines is 1. The molecular weight excluding hydrogens is 399 g/mol. The van der Waals surface area contributed by atoms with Crippen LogP contribution in [0.1, 0.15) is 6.42 Å². The van der Waals surface area contributed by atoms with E-state index in [-0.39, 0.29) is 0 Å². The number of fused-ring (bicyclic) bond motifs is 1. The van der Waals surface area contributed by atoms with E-state index in [0.29, 0.717) is 6.54 Å². The fraction of sp³-hybridized carbons (Fsp3) is 0.400. The first-order chi connectivity index (χ1) is 13.2. The van der Waals surface area contributed by atoms with Crippen molar-refractivity contribution < 1.29 is 0 Å². The molecule has 7 heteroatoms. The average Bonchev–Trinajstić information content (AvgIpc) is 3.10. The molecule has 1 unspecified atom stereocenters. The fourth-order valence-corrected chi connectivity index (χ4v) is 5.27. The first kappa shape index (κ1) is 18.5. The number of benzene rings is 1. The van der Waals surface area contributed by atoms with E-state index in [4.69, 9.17) is 10.7 Å². The second-order valence-electron chi connectivity index (χ2n) is 7.09. The molecule has 6 nitrogen and oxygen atoms in total. The van der Waals surface area contributed by atoms with Crippen molar-refractivity contribution in [2.24, 2.45) is 5.73 Å². The summed E-state index contributed by atoms with van der Waals surface area (Å²) in [5.41, 5.74) is 8.01. The maximum atomic E-state index is 5.65. The summed E-state index contributed by atoms with van der Waals surface area (Å²) in [5.74, 6) is 0. The van der Waals surface area contributed by atoms with Gasteiger partial charge in [0.15, 0.2) is 0 Å². The minimum absolute atomic E-state index is 0.533. The van der Waals surface area contributed by atoms with E-state index in [0.717, 1.165) is 54.8 Å². The zero-order valence-corrected chi connectivity index (χ0v) is 17.9. The number of nitrogens with two attached hydrogens (primary N) is 1. The third-order valence-corrected chi connectivity index (χ3v) is 7.38. The van der Waals surface area contributed by atoms with Crippen LogP contribution in [0.2, 0.25) is 0 Å². The molecule has 3 heterocycles. The molecule has 0 amide bonds. The SMILES string of the molecule is CN1CCN(c2ccc([AsH]c3ncc4ccn(CCCN)c4n3)cc2)CC1. The number of piperazine rings is 1. The van der Waals surface area contributed by atoms with Gasteiger partial charge < -0.3 is 0 Å². The van der Waals surface area contributed by atoms with Crippen molar-refractivity contribution in [2.75, 3.05) is 44.7 Å². The zero-order valence-electron chi connectivity index (χ0n) is 15.8. The summed E-state index contributed by atoms with van der Waals surface area (Å²) in [6, 6.07) is 11.1. The van der Waals surface area contributed by atoms with Gasteiger partial charge in [-0.25, -0.2) is 0 Å². The van der Waals surface area contributed by atoms with Gasteiger partial charge in [-0.3, -0.25) is 0 Å². The molecule has 27 heavy (non-hydrogen) atoms. The van der Waals surface area contributed by atoms with Gasteiger partial charge in [0.25, 0.3) is 0 Å². The van der Waals surface area contributed by atoms with Crippen molar-refractivity contribution in [1.82, 2.24) is 19.4 Å². The molecule has 0 bridgehead atoms. The molecule has 0 aliphatic carbocycles. The number of aryl methyl sites for hydroxylation is 1. The number of rotatable bonds is 6. The van der Waals surface area contributed by atoms with Gasteiger partial charge in [0.2, 0.25) is 0 Å². The van der Waals surface area contributed by atoms with Crippen molar-refractivity contribution >= 4 is 41.4 Å². The standard InChI is InChI=1S/C20H27AsN6/c1-25-11-13-26(14-12-25)18-5-3-17(4-6-18)21-20-23-15-16-7-10-27(9-2-8-22)19(16)24-20/h3-7,10,15,21H,2,8-9,11-14,22H2,1H3. The van der Waals surface area contributed by atoms with E-state index < -0.39 is 15.8 Å². The molecule has 0 radical (unpaired) electrons. The molecule has 0 spiro atoms. The monoisotopic (exact) mass is 426 g/mol. The first-order valence-corrected chi connectivity index (χ1v) is 11.7. The first-order valence-electron chi connectivity index (χ1n) is 9.55. The molecule has 1 fully saturated rings. The van der Waals surface area contributed by atoms with Gasteiger partial charge in [-0.1, -0.05) is 0 Å². The van der Waals surface area contributed by atoms with Gasteiger partial charge in [0.1, 0.15) is 0 Å². The Morgan fingerprint density at radius 2 is 1.85 bits per heavy atom. The van der Waals surface area contributed by atoms with E-state index in [1.807, 2.05) is 6.20 Å². The van der Waals surface area contributed by atoms with Crippen LogP contribution < -0.4 is 19.6 Å². The zero-order chi connectivity index (χ0) is 18.6. The van der Waals surface area contributed by atoms with Crippen LogP contribution in [-0.4, -0.2) is 75.0 Å². The van der Waals surface area contributed by atoms with Gasteiger partial charge in [0.05, 0.1) is 0 Å². The summed E-state index contributed by atoms with van der Waals surface area (Å²) in [7, 11) is 2.19. The predicted octanol–water partition coefficient (Wildman–Crippen LogP) is -0.0808. The Kier molecular flexibility index (Phi) is 5.77. The van der Waals surface area contributed by atoms with Crippen molar-refractivity contribution in [2.45, 2.75) is 13.0 Å². The average molecular weight is 426 g/mol. The number of likely N-dealkylation sites (N-methyl/N-ethyl adjacent to an activating group) is 1. The van der Waals surface area contributed by atoms with Crippen molar-refractivity contribution in [3.8, 4) is 0 Å². The van der Waals surface area contributed by atoms with Crippen molar-refractivity contribution in [3.63, 3.8) is 0 Å². The summed E-state index contributed by atoms with van der Waals surface area (Å²) < 4.78 is 4.55. The van der Waals surface area contributed by atoms with Crippen LogP contribution in [0, 0.1) is 0 Å². The fourth-order valence-electron chi connectivity index (χ4n) is 3.42. The predicted molar refractivity (Wildman–Crippen MR) is 114 cm³/mol. The van der Waals surface area contributed by atoms with Gasteiger partial charge in [0, 0.05) is 0 Å². The van der Waals surface area contributed by atoms with Crippen molar-refractivity contribution in [1.29, 1.82) is 0 Å². The van der Waals surface area contributed by atoms with Crippen LogP contribution in [0.3, 0.4) is 0 Å². The third kappa shape index (κ3) is 4.34. The van der Waals surface area contributed by atoms with Crippen molar-refractivity contribution in [3.05, 3.63) is 42.7 Å². The van der Waals surface area contributed by atoms with Gasteiger partial charge >= 0.3 is 167 Å². The topological polar surface area (TPSA) is 63.2 Å². The van der Waals surface area contributed by atoms with Gasteiger partial charge in [-0.05, 0) is 0 Å². The Bertz CT molecular complexity index is 883. The molecule has 2 aromatic heterocycles. The van der Waals surface area contributed by atoms with E-state index in [1.54, 1.807) is 0 Å². The number of hydrogen-bond donors (Lipinski definition) is 1. The summed E-state index contributed by atoms with van der Waals surface area (Å²) in [6.07, 6.45) is 5.01. The van der Waals surface area contributed by atoms with Crippen LogP contribution in [0.15, 0.2) is 42.7 Å². The Labute approximate surface area is 167 Å². The molecule has 142 valence electrons. The number of nitrogens with zero attached hydrogens (tertiary/aromatic N) is 5. The molecule has 1 aromatic carbocycles. The summed E-state index contributed by atoms with van der Waals surface area (Å²) in [6.45, 7) is 6.08. The Morgan fingerprint density at radius 3 is 2.59 bits per heavy atom. The molecule has 1 aliphatic rings. The minimum atomic E-state index is -0.533. The molecule has 1 aliphatic heterocycles. The molecular formula is C20H27AsN6. The van der Waals surface area contributed by atoms with Crippen LogP contribution in [-0.2, 0) is 6.54 Å². The Balaban J connectivity index is 1.47. The van der Waals surface area contributed by atoms with Crippen LogP contribution in [0.5, 0.6) is 0 Å². The molecule has 0 saturated carbocycles. The summed E-state index contributed by atoms with van der Waals surface area (Å²) >= 11 is -0.533. The van der Waals surface area contributed by atoms with Crippen LogP contribution >= 0.6 is 0 Å². The molecule has 2 N–H and O–H groups in total. The molecule has 3 aromatic rings. The number of aromatic nitrogens is 3. The quantitative estimate of drug-likeness (QED) is 0.559. The van der Waals surface area contributed by atoms with E-state index >= 15 is 0 Å². The van der Waals surface area contributed by atoms with E-state index in [2.05, 4.69) is 62.9 Å². The molecule has 4 rings (SSSR count). The molecule has 1 atom stereocenters. The normalized spacial score (nSPS) is 16.0. The second-order valence-corrected chi connectivity index (χ2v) is 9.76. The van der Waals surface area contributed by atoms with Crippen LogP contribution in [0.4, 0.5) is 5.69 Å². The summed E-state index contributed by atoms with van der Waals surface area (Å²) in [5, 5.41) is 1.10. The Hall–Kier alpha value is -1.88. The molecule has 1 saturated heterocycles. The van der Waals surface area contributed by atoms with E-state index in [1.165, 1.54) is 10.0 Å². The maximum absolute atomic E-state index is 5.65. The number of hydrogen-bond acceptors (Lipinski definition) is 5. The van der Waals surface area contributed by atoms with Gasteiger partial charge in [-0.15, -0.1) is 0 Å². The third-order valence-electron chi connectivity index (χ3n) is 5.10. The van der Waals surface area contributed by atoms with Gasteiger partial charge in [-0.2, -0.15) is 0 Å². The van der Waals surface area contributed by atoms with Crippen LogP contribution in [0.25, 0.3) is 11.0 Å². The van der Waals surface area contributed by atoms with E-state index in [9.17, 15) is 0 Å². The Morgan fingerprint density at radius 1 is 1.07 bits per heavy atom. The summed E-state index contributed by atoms with van der Waals surface area (Å²) in [4.78, 5) is 14.3. The second kappa shape index (κ2) is 8.42.